The third-order valence-corrected chi connectivity index (χ3v) is 12.8. The number of nitrogens with zero attached hydrogens (tertiary/aromatic N) is 2. The zero-order valence-electron chi connectivity index (χ0n) is 39.4. The molecular weight excluding hydrogens is 855 g/mol. The first-order valence-electron chi connectivity index (χ1n) is 23.6. The maximum atomic E-state index is 14.3. The standard InChI is InChI=1S/C55H63N7O6/c1-38(56-3)51(64)58-45(54(67)61-35-21-33-47(61)49(63)37-44(40-23-11-7-12-24-40)41-25-13-8-14-26-41)31-19-5-6-20-32-46(59-52(65)39(2)57-4)55(68)62-36-22-34-48(62)53(66)60-50(42-27-15-9-16-28-42)43-29-17-10-18-30-43/h7-18,23-30,38-39,44-48,50,56-57H,21-22,31-37H2,1-4H3,(H,58,64)(H,59,65)(H,60,66)/t38-,39?,45-,46-,47-,48-/m0/s1. The van der Waals surface area contributed by atoms with Gasteiger partial charge in [-0.3, -0.25) is 28.8 Å². The van der Waals surface area contributed by atoms with Crippen molar-refractivity contribution in [2.45, 2.75) is 107 Å². The van der Waals surface area contributed by atoms with Gasteiger partial charge >= 0.3 is 0 Å². The Bertz CT molecular complexity index is 2210. The van der Waals surface area contributed by atoms with Crippen molar-refractivity contribution in [1.29, 1.82) is 0 Å². The van der Waals surface area contributed by atoms with E-state index < -0.39 is 65.9 Å². The second-order valence-electron chi connectivity index (χ2n) is 17.3. The molecule has 1 unspecified atom stereocenters. The molecule has 4 aromatic carbocycles. The first-order chi connectivity index (χ1) is 33.0. The van der Waals surface area contributed by atoms with Crippen molar-refractivity contribution in [3.8, 4) is 23.7 Å². The average Bonchev–Trinajstić information content (AvgIpc) is 4.09. The van der Waals surface area contributed by atoms with Crippen LogP contribution >= 0.6 is 0 Å². The van der Waals surface area contributed by atoms with Gasteiger partial charge in [-0.2, -0.15) is 0 Å². The molecule has 6 atom stereocenters. The molecule has 6 rings (SSSR count). The van der Waals surface area contributed by atoms with Gasteiger partial charge in [0.15, 0.2) is 5.78 Å². The Morgan fingerprint density at radius 2 is 0.926 bits per heavy atom. The van der Waals surface area contributed by atoms with E-state index in [1.165, 1.54) is 4.90 Å². The Kier molecular flexibility index (Phi) is 18.6. The van der Waals surface area contributed by atoms with Gasteiger partial charge in [0.25, 0.3) is 0 Å². The third kappa shape index (κ3) is 13.3. The van der Waals surface area contributed by atoms with E-state index in [9.17, 15) is 28.8 Å². The van der Waals surface area contributed by atoms with Gasteiger partial charge in [-0.1, -0.05) is 133 Å². The van der Waals surface area contributed by atoms with Crippen molar-refractivity contribution in [1.82, 2.24) is 36.4 Å². The van der Waals surface area contributed by atoms with Crippen LogP contribution in [0, 0.1) is 23.7 Å². The lowest BCUT2D eigenvalue weighted by atomic mass is 9.85. The monoisotopic (exact) mass is 917 g/mol. The molecule has 13 nitrogen and oxygen atoms in total. The number of carbonyl (C=O) groups excluding carboxylic acids is 6. The van der Waals surface area contributed by atoms with Gasteiger partial charge in [0.2, 0.25) is 29.5 Å². The van der Waals surface area contributed by atoms with Crippen molar-refractivity contribution >= 4 is 35.3 Å². The number of hydrogen-bond acceptors (Lipinski definition) is 8. The Balaban J connectivity index is 1.16. The Morgan fingerprint density at radius 1 is 0.544 bits per heavy atom. The summed E-state index contributed by atoms with van der Waals surface area (Å²) < 4.78 is 0. The highest BCUT2D eigenvalue weighted by molar-refractivity contribution is 5.95. The first-order valence-corrected chi connectivity index (χ1v) is 23.6. The average molecular weight is 918 g/mol. The van der Waals surface area contributed by atoms with Crippen molar-refractivity contribution in [3.63, 3.8) is 0 Å². The summed E-state index contributed by atoms with van der Waals surface area (Å²) in [6, 6.07) is 33.8. The zero-order chi connectivity index (χ0) is 48.4. The summed E-state index contributed by atoms with van der Waals surface area (Å²) in [5.41, 5.74) is 3.82. The highest BCUT2D eigenvalue weighted by atomic mass is 16.2. The molecule has 0 spiro atoms. The van der Waals surface area contributed by atoms with Crippen LogP contribution in [0.3, 0.4) is 0 Å². The number of benzene rings is 4. The molecule has 5 amide bonds. The summed E-state index contributed by atoms with van der Waals surface area (Å²) in [5, 5.41) is 14.6. The maximum absolute atomic E-state index is 14.3. The summed E-state index contributed by atoms with van der Waals surface area (Å²) in [6.07, 6.45) is 2.24. The van der Waals surface area contributed by atoms with Crippen LogP contribution in [-0.2, 0) is 28.8 Å². The van der Waals surface area contributed by atoms with E-state index in [0.29, 0.717) is 38.8 Å². The van der Waals surface area contributed by atoms with Crippen LogP contribution in [-0.4, -0.2) is 109 Å². The minimum atomic E-state index is -1.08. The van der Waals surface area contributed by atoms with Crippen LogP contribution in [0.4, 0.5) is 0 Å². The zero-order valence-corrected chi connectivity index (χ0v) is 39.4. The lowest BCUT2D eigenvalue weighted by Crippen LogP contribution is -2.55. The minimum Gasteiger partial charge on any atom is -0.343 e. The van der Waals surface area contributed by atoms with E-state index in [0.717, 1.165) is 22.3 Å². The molecule has 2 fully saturated rings. The molecule has 13 heteroatoms. The lowest BCUT2D eigenvalue weighted by molar-refractivity contribution is -0.141. The number of amides is 5. The van der Waals surface area contributed by atoms with E-state index in [1.807, 2.05) is 121 Å². The lowest BCUT2D eigenvalue weighted by Gasteiger charge is -2.30. The number of Topliss-reactive ketones (excluding diaryl/α,β-unsaturated/α-hetero) is 1. The minimum absolute atomic E-state index is 0.0519. The van der Waals surface area contributed by atoms with Gasteiger partial charge < -0.3 is 36.4 Å². The van der Waals surface area contributed by atoms with E-state index in [4.69, 9.17) is 0 Å². The molecule has 68 heavy (non-hydrogen) atoms. The van der Waals surface area contributed by atoms with Gasteiger partial charge in [-0.05, 0) is 87.7 Å². The maximum Gasteiger partial charge on any atom is 0.246 e. The van der Waals surface area contributed by atoms with E-state index >= 15 is 0 Å². The number of likely N-dealkylation sites (N-methyl/N-ethyl adjacent to an activating group) is 2. The highest BCUT2D eigenvalue weighted by Gasteiger charge is 2.40. The van der Waals surface area contributed by atoms with Crippen molar-refractivity contribution in [3.05, 3.63) is 144 Å². The number of nitrogens with one attached hydrogen (secondary N) is 5. The van der Waals surface area contributed by atoms with Gasteiger partial charge in [0.1, 0.15) is 18.1 Å². The first kappa shape index (κ1) is 50.4. The summed E-state index contributed by atoms with van der Waals surface area (Å²) in [7, 11) is 3.29. The summed E-state index contributed by atoms with van der Waals surface area (Å²) in [6.45, 7) is 4.05. The van der Waals surface area contributed by atoms with Crippen LogP contribution in [0.2, 0.25) is 0 Å². The molecule has 0 saturated carbocycles. The molecule has 0 aromatic heterocycles. The van der Waals surface area contributed by atoms with Crippen LogP contribution in [0.1, 0.15) is 93.0 Å². The number of rotatable bonds is 19. The molecule has 2 heterocycles. The molecule has 2 saturated heterocycles. The van der Waals surface area contributed by atoms with E-state index in [-0.39, 0.29) is 36.9 Å². The molecule has 2 aliphatic rings. The second-order valence-corrected chi connectivity index (χ2v) is 17.3. The smallest absolute Gasteiger partial charge is 0.246 e. The van der Waals surface area contributed by atoms with Crippen LogP contribution < -0.4 is 26.6 Å². The summed E-state index contributed by atoms with van der Waals surface area (Å²) in [4.78, 5) is 86.3. The fourth-order valence-electron chi connectivity index (χ4n) is 8.74. The van der Waals surface area contributed by atoms with Gasteiger partial charge in [0, 0.05) is 38.3 Å². The number of likely N-dealkylation sites (tertiary alicyclic amines) is 2. The van der Waals surface area contributed by atoms with Crippen molar-refractivity contribution in [2.24, 2.45) is 0 Å². The van der Waals surface area contributed by atoms with E-state index in [2.05, 4.69) is 50.3 Å². The van der Waals surface area contributed by atoms with Crippen molar-refractivity contribution < 1.29 is 28.8 Å². The Hall–Kier alpha value is -7.06. The van der Waals surface area contributed by atoms with Crippen molar-refractivity contribution in [2.75, 3.05) is 27.2 Å². The molecule has 354 valence electrons. The molecule has 5 N–H and O–H groups in total. The number of ketones is 1. The highest BCUT2D eigenvalue weighted by Crippen LogP contribution is 2.31. The molecule has 0 radical (unpaired) electrons. The number of carbonyl (C=O) groups is 6. The molecule has 0 aliphatic carbocycles. The van der Waals surface area contributed by atoms with Crippen LogP contribution in [0.5, 0.6) is 0 Å². The largest absolute Gasteiger partial charge is 0.343 e. The van der Waals surface area contributed by atoms with E-state index in [1.54, 1.807) is 32.8 Å². The normalized spacial score (nSPS) is 17.1. The van der Waals surface area contributed by atoms with Crippen LogP contribution in [0.15, 0.2) is 121 Å². The van der Waals surface area contributed by atoms with Gasteiger partial charge in [-0.15, -0.1) is 0 Å². The molecular formula is C55H63N7O6. The third-order valence-electron chi connectivity index (χ3n) is 12.8. The Morgan fingerprint density at radius 3 is 1.34 bits per heavy atom. The summed E-state index contributed by atoms with van der Waals surface area (Å²) >= 11 is 0. The molecule has 0 bridgehead atoms. The molecule has 4 aromatic rings. The second kappa shape index (κ2) is 25.2. The van der Waals surface area contributed by atoms with Gasteiger partial charge in [-0.25, -0.2) is 0 Å². The predicted molar refractivity (Wildman–Crippen MR) is 262 cm³/mol. The van der Waals surface area contributed by atoms with Gasteiger partial charge in [0.05, 0.1) is 24.2 Å². The fraction of sp³-hybridized carbons (Fsp3) is 0.382. The Labute approximate surface area is 400 Å². The quantitative estimate of drug-likeness (QED) is 0.0849. The predicted octanol–water partition coefficient (Wildman–Crippen LogP) is 4.64. The summed E-state index contributed by atoms with van der Waals surface area (Å²) in [5.74, 6) is 9.22. The molecule has 2 aliphatic heterocycles. The SMILES string of the molecule is CNC(C)C(=O)N[C@@H](CC#CC#CC[C@H](NC(=O)[C@H](C)NC)C(=O)N1CCC[C@H]1C(=O)CC(c1ccccc1)c1ccccc1)C(=O)N1CCC[C@H]1C(=O)NC(c1ccccc1)c1ccccc1. The fourth-order valence-corrected chi connectivity index (χ4v) is 8.74. The van der Waals surface area contributed by atoms with Crippen LogP contribution in [0.25, 0.3) is 0 Å². The topological polar surface area (TPSA) is 169 Å². The number of hydrogen-bond donors (Lipinski definition) is 5.